The van der Waals surface area contributed by atoms with Crippen molar-refractivity contribution >= 4 is 5.91 Å². The maximum absolute atomic E-state index is 14.9. The molecule has 0 unspecified atom stereocenters. The molecule has 1 amide bonds. The van der Waals surface area contributed by atoms with E-state index in [4.69, 9.17) is 4.42 Å². The Kier molecular flexibility index (Phi) is 4.35. The second-order valence-electron chi connectivity index (χ2n) is 7.18. The average Bonchev–Trinajstić information content (AvgIpc) is 3.33. The van der Waals surface area contributed by atoms with Gasteiger partial charge in [0.2, 0.25) is 5.89 Å². The van der Waals surface area contributed by atoms with Crippen LogP contribution in [0.25, 0.3) is 33.7 Å². The molecule has 5 nitrogen and oxygen atoms in total. The Morgan fingerprint density at radius 1 is 0.839 bits per heavy atom. The van der Waals surface area contributed by atoms with Gasteiger partial charge in [0, 0.05) is 30.7 Å². The van der Waals surface area contributed by atoms with Gasteiger partial charge in [0.25, 0.3) is 11.8 Å². The second kappa shape index (κ2) is 7.09. The summed E-state index contributed by atoms with van der Waals surface area (Å²) >= 11 is 0. The molecule has 0 fully saturated rings. The fraction of sp³-hybridized carbons (Fsp3) is 0.0870. The highest BCUT2D eigenvalue weighted by Gasteiger charge is 2.24. The minimum Gasteiger partial charge on any atom is -0.421 e. The van der Waals surface area contributed by atoms with E-state index >= 15 is 0 Å². The van der Waals surface area contributed by atoms with Gasteiger partial charge >= 0.3 is 0 Å². The smallest absolute Gasteiger partial charge is 0.251 e. The summed E-state index contributed by atoms with van der Waals surface area (Å²) in [6.45, 7) is 1.92. The van der Waals surface area contributed by atoms with E-state index in [-0.39, 0.29) is 22.9 Å². The summed E-state index contributed by atoms with van der Waals surface area (Å²) in [6.07, 6.45) is 0. The molecule has 4 aromatic rings. The molecule has 0 atom stereocenters. The van der Waals surface area contributed by atoms with Gasteiger partial charge in [0.05, 0.1) is 5.56 Å². The van der Waals surface area contributed by atoms with Gasteiger partial charge in [-0.25, -0.2) is 13.2 Å². The van der Waals surface area contributed by atoms with Crippen LogP contribution in [0.15, 0.2) is 52.9 Å². The lowest BCUT2D eigenvalue weighted by Crippen LogP contribution is -2.12. The first-order valence-corrected chi connectivity index (χ1v) is 9.41. The minimum absolute atomic E-state index is 0.0510. The standard InChI is InChI=1S/C23H14F3N3O2/c1-11-28-29-23(31-11)16-4-2-12(7-20(16)25)17-6-13-10-27-22(30)18(13)9-19(17)15-5-3-14(24)8-21(15)26/h2-9H,10H2,1H3,(H,27,30). The molecule has 1 aromatic heterocycles. The number of amides is 1. The molecular formula is C23H14F3N3O2. The number of carbonyl (C=O) groups is 1. The largest absolute Gasteiger partial charge is 0.421 e. The monoisotopic (exact) mass is 421 g/mol. The number of carbonyl (C=O) groups excluding carboxylic acids is 1. The van der Waals surface area contributed by atoms with Gasteiger partial charge in [-0.3, -0.25) is 4.79 Å². The number of nitrogens with one attached hydrogen (secondary N) is 1. The fourth-order valence-electron chi connectivity index (χ4n) is 3.70. The van der Waals surface area contributed by atoms with Crippen molar-refractivity contribution in [3.05, 3.63) is 83.0 Å². The van der Waals surface area contributed by atoms with Crippen LogP contribution in [0.1, 0.15) is 21.8 Å². The van der Waals surface area contributed by atoms with Crippen LogP contribution in [0, 0.1) is 24.4 Å². The van der Waals surface area contributed by atoms with E-state index in [1.165, 1.54) is 18.2 Å². The van der Waals surface area contributed by atoms with Gasteiger partial charge in [-0.05, 0) is 58.7 Å². The third kappa shape index (κ3) is 3.26. The number of halogens is 3. The Balaban J connectivity index is 1.70. The Morgan fingerprint density at radius 3 is 2.32 bits per heavy atom. The number of hydrogen-bond acceptors (Lipinski definition) is 4. The maximum atomic E-state index is 14.9. The lowest BCUT2D eigenvalue weighted by molar-refractivity contribution is 0.0965. The summed E-state index contributed by atoms with van der Waals surface area (Å²) in [5.74, 6) is -2.01. The first kappa shape index (κ1) is 19.0. The molecule has 1 aliphatic heterocycles. The molecule has 2 heterocycles. The van der Waals surface area contributed by atoms with E-state index in [1.54, 1.807) is 25.1 Å². The molecule has 0 saturated carbocycles. The molecule has 0 saturated heterocycles. The number of rotatable bonds is 3. The Bertz CT molecular complexity index is 1360. The molecule has 8 heteroatoms. The number of fused-ring (bicyclic) bond motifs is 1. The maximum Gasteiger partial charge on any atom is 0.251 e. The van der Waals surface area contributed by atoms with Crippen LogP contribution in [0.3, 0.4) is 0 Å². The van der Waals surface area contributed by atoms with E-state index in [0.29, 0.717) is 40.3 Å². The molecule has 1 N–H and O–H groups in total. The van der Waals surface area contributed by atoms with Gasteiger partial charge in [0.1, 0.15) is 17.5 Å². The van der Waals surface area contributed by atoms with Crippen LogP contribution in [-0.2, 0) is 6.54 Å². The minimum atomic E-state index is -0.780. The summed E-state index contributed by atoms with van der Waals surface area (Å²) in [4.78, 5) is 12.1. The summed E-state index contributed by atoms with van der Waals surface area (Å²) in [5, 5.41) is 10.3. The normalized spacial score (nSPS) is 12.7. The highest BCUT2D eigenvalue weighted by Crippen LogP contribution is 2.38. The van der Waals surface area contributed by atoms with Gasteiger partial charge in [-0.1, -0.05) is 6.07 Å². The highest BCUT2D eigenvalue weighted by atomic mass is 19.1. The van der Waals surface area contributed by atoms with Crippen molar-refractivity contribution in [2.45, 2.75) is 13.5 Å². The van der Waals surface area contributed by atoms with Gasteiger partial charge in [-0.2, -0.15) is 0 Å². The molecule has 1 aliphatic rings. The molecule has 0 aliphatic carbocycles. The number of aromatic nitrogens is 2. The first-order chi connectivity index (χ1) is 14.9. The van der Waals surface area contributed by atoms with E-state index in [0.717, 1.165) is 12.1 Å². The van der Waals surface area contributed by atoms with E-state index in [1.807, 2.05) is 0 Å². The molecule has 3 aromatic carbocycles. The lowest BCUT2D eigenvalue weighted by Gasteiger charge is -2.14. The Hall–Kier alpha value is -3.94. The van der Waals surface area contributed by atoms with Gasteiger partial charge in [0.15, 0.2) is 0 Å². The third-order valence-corrected chi connectivity index (χ3v) is 5.19. The molecule has 0 bridgehead atoms. The van der Waals surface area contributed by atoms with Crippen molar-refractivity contribution < 1.29 is 22.4 Å². The summed E-state index contributed by atoms with van der Waals surface area (Å²) < 4.78 is 48.3. The Morgan fingerprint density at radius 2 is 1.61 bits per heavy atom. The summed E-state index contributed by atoms with van der Waals surface area (Å²) in [5.41, 5.74) is 2.68. The quantitative estimate of drug-likeness (QED) is 0.503. The predicted octanol–water partition coefficient (Wildman–Crippen LogP) is 5.04. The molecule has 5 rings (SSSR count). The van der Waals surface area contributed by atoms with E-state index < -0.39 is 17.5 Å². The lowest BCUT2D eigenvalue weighted by atomic mass is 9.90. The summed E-state index contributed by atoms with van der Waals surface area (Å²) in [6, 6.07) is 10.9. The number of benzene rings is 3. The third-order valence-electron chi connectivity index (χ3n) is 5.19. The van der Waals surface area contributed by atoms with Crippen molar-refractivity contribution in [3.63, 3.8) is 0 Å². The molecule has 31 heavy (non-hydrogen) atoms. The van der Waals surface area contributed by atoms with Crippen LogP contribution in [0.2, 0.25) is 0 Å². The molecule has 154 valence electrons. The van der Waals surface area contributed by atoms with Gasteiger partial charge in [-0.15, -0.1) is 10.2 Å². The zero-order valence-electron chi connectivity index (χ0n) is 16.2. The first-order valence-electron chi connectivity index (χ1n) is 9.41. The Labute approximate surface area is 174 Å². The van der Waals surface area contributed by atoms with Crippen LogP contribution < -0.4 is 5.32 Å². The molecule has 0 spiro atoms. The molecular weight excluding hydrogens is 407 g/mol. The van der Waals surface area contributed by atoms with Crippen LogP contribution in [0.5, 0.6) is 0 Å². The average molecular weight is 421 g/mol. The van der Waals surface area contributed by atoms with E-state index in [2.05, 4.69) is 15.5 Å². The van der Waals surface area contributed by atoms with Gasteiger partial charge < -0.3 is 9.73 Å². The number of nitrogens with zero attached hydrogens (tertiary/aromatic N) is 2. The fourth-order valence-corrected chi connectivity index (χ4v) is 3.70. The van der Waals surface area contributed by atoms with Crippen LogP contribution in [0.4, 0.5) is 13.2 Å². The highest BCUT2D eigenvalue weighted by molar-refractivity contribution is 6.01. The van der Waals surface area contributed by atoms with Crippen molar-refractivity contribution in [1.29, 1.82) is 0 Å². The number of aryl methyl sites for hydroxylation is 1. The summed E-state index contributed by atoms with van der Waals surface area (Å²) in [7, 11) is 0. The van der Waals surface area contributed by atoms with Crippen LogP contribution >= 0.6 is 0 Å². The molecule has 0 radical (unpaired) electrons. The topological polar surface area (TPSA) is 68.0 Å². The zero-order valence-corrected chi connectivity index (χ0v) is 16.2. The van der Waals surface area contributed by atoms with Crippen LogP contribution in [-0.4, -0.2) is 16.1 Å². The van der Waals surface area contributed by atoms with Crippen molar-refractivity contribution in [2.24, 2.45) is 0 Å². The second-order valence-corrected chi connectivity index (χ2v) is 7.18. The zero-order chi connectivity index (χ0) is 21.7. The van der Waals surface area contributed by atoms with Crippen molar-refractivity contribution in [1.82, 2.24) is 15.5 Å². The predicted molar refractivity (Wildman–Crippen MR) is 106 cm³/mol. The van der Waals surface area contributed by atoms with E-state index in [9.17, 15) is 18.0 Å². The number of hydrogen-bond donors (Lipinski definition) is 1. The SMILES string of the molecule is Cc1nnc(-c2ccc(-c3cc4c(cc3-c3ccc(F)cc3F)C(=O)NC4)cc2F)o1. The van der Waals surface area contributed by atoms with Crippen molar-refractivity contribution in [3.8, 4) is 33.7 Å². The van der Waals surface area contributed by atoms with Crippen molar-refractivity contribution in [2.75, 3.05) is 0 Å².